The summed E-state index contributed by atoms with van der Waals surface area (Å²) < 4.78 is 13.3. The number of aliphatic carboxylic acids is 4. The maximum atomic E-state index is 8.93. The Kier molecular flexibility index (Phi) is 11.9. The number of nitrogens with zero attached hydrogens (tertiary/aromatic N) is 3. The van der Waals surface area contributed by atoms with Crippen LogP contribution in [0.5, 0.6) is 5.75 Å². The van der Waals surface area contributed by atoms with Gasteiger partial charge in [-0.05, 0) is 61.7 Å². The number of anilines is 1. The maximum Gasteiger partial charge on any atom is 0.204 e. The Labute approximate surface area is 252 Å². The molecular formula is C30H30N4O10-4. The van der Waals surface area contributed by atoms with E-state index in [0.717, 1.165) is 66.7 Å². The molecular weight excluding hydrogens is 576 g/mol. The quantitative estimate of drug-likeness (QED) is 0.209. The largest absolute Gasteiger partial charge is 0.543 e. The second kappa shape index (κ2) is 15.7. The Morgan fingerprint density at radius 1 is 0.932 bits per heavy atom. The SMILES string of the molecule is COc1ccc(CCN2CCC(Nc3nc4ccccc4n3Cc3ccc(C)o3)C2)cc1.O=C([O-])C(=O)[O-].O=C([O-])C(=O)[O-]. The fraction of sp³-hybridized carbons (Fsp3) is 0.300. The van der Waals surface area contributed by atoms with Crippen molar-refractivity contribution in [1.29, 1.82) is 0 Å². The number of carbonyl (C=O) groups excluding carboxylic acids is 4. The molecule has 14 nitrogen and oxygen atoms in total. The molecule has 1 atom stereocenters. The number of aryl methyl sites for hydroxylation is 1. The zero-order valence-corrected chi connectivity index (χ0v) is 24.0. The number of para-hydroxylation sites is 2. The highest BCUT2D eigenvalue weighted by atomic mass is 16.5. The summed E-state index contributed by atoms with van der Waals surface area (Å²) >= 11 is 0. The molecule has 0 saturated carbocycles. The van der Waals surface area contributed by atoms with E-state index in [-0.39, 0.29) is 0 Å². The number of aromatic nitrogens is 2. The van der Waals surface area contributed by atoms with Crippen LogP contribution in [0.25, 0.3) is 11.0 Å². The first-order valence-electron chi connectivity index (χ1n) is 13.4. The minimum Gasteiger partial charge on any atom is -0.543 e. The van der Waals surface area contributed by atoms with E-state index >= 15 is 0 Å². The molecule has 14 heteroatoms. The van der Waals surface area contributed by atoms with Gasteiger partial charge in [0.25, 0.3) is 0 Å². The monoisotopic (exact) mass is 606 g/mol. The van der Waals surface area contributed by atoms with Gasteiger partial charge in [0.1, 0.15) is 17.3 Å². The van der Waals surface area contributed by atoms with E-state index in [1.807, 2.05) is 37.3 Å². The van der Waals surface area contributed by atoms with Crippen LogP contribution < -0.4 is 30.5 Å². The number of nitrogens with one attached hydrogen (secondary N) is 1. The zero-order valence-electron chi connectivity index (χ0n) is 24.0. The Balaban J connectivity index is 0.000000375. The van der Waals surface area contributed by atoms with Crippen LogP contribution in [0.3, 0.4) is 0 Å². The van der Waals surface area contributed by atoms with Gasteiger partial charge in [-0.2, -0.15) is 0 Å². The van der Waals surface area contributed by atoms with E-state index in [4.69, 9.17) is 53.7 Å². The number of carboxylic acids is 4. The number of furan rings is 1. The van der Waals surface area contributed by atoms with Gasteiger partial charge in [0, 0.05) is 25.7 Å². The first-order chi connectivity index (χ1) is 21.0. The molecule has 1 unspecified atom stereocenters. The normalized spacial score (nSPS) is 14.1. The highest BCUT2D eigenvalue weighted by Gasteiger charge is 2.24. The molecule has 1 aliphatic rings. The van der Waals surface area contributed by atoms with Gasteiger partial charge in [-0.3, -0.25) is 0 Å². The molecule has 1 N–H and O–H groups in total. The molecule has 0 radical (unpaired) electrons. The predicted molar refractivity (Wildman–Crippen MR) is 147 cm³/mol. The van der Waals surface area contributed by atoms with Gasteiger partial charge in [0.15, 0.2) is 0 Å². The molecule has 0 bridgehead atoms. The molecule has 2 aromatic heterocycles. The fourth-order valence-electron chi connectivity index (χ4n) is 4.49. The van der Waals surface area contributed by atoms with E-state index in [9.17, 15) is 0 Å². The summed E-state index contributed by atoms with van der Waals surface area (Å²) in [7, 11) is 1.70. The van der Waals surface area contributed by atoms with Gasteiger partial charge in [0.2, 0.25) is 5.95 Å². The lowest BCUT2D eigenvalue weighted by Crippen LogP contribution is -2.42. The first kappa shape index (κ1) is 33.1. The summed E-state index contributed by atoms with van der Waals surface area (Å²) in [6, 6.07) is 21.1. The van der Waals surface area contributed by atoms with Crippen LogP contribution in [-0.4, -0.2) is 71.1 Å². The number of hydrogen-bond acceptors (Lipinski definition) is 13. The lowest BCUT2D eigenvalue weighted by molar-refractivity contribution is -0.345. The van der Waals surface area contributed by atoms with Crippen molar-refractivity contribution in [1.82, 2.24) is 14.5 Å². The molecule has 4 aromatic rings. The Morgan fingerprint density at radius 3 is 2.14 bits per heavy atom. The number of rotatable bonds is 8. The summed E-state index contributed by atoms with van der Waals surface area (Å²) in [5.41, 5.74) is 3.48. The number of ether oxygens (including phenoxy) is 1. The Hall–Kier alpha value is -5.37. The van der Waals surface area contributed by atoms with E-state index in [2.05, 4.69) is 45.1 Å². The molecule has 0 amide bonds. The Bertz CT molecular complexity index is 1530. The van der Waals surface area contributed by atoms with Crippen molar-refractivity contribution in [3.05, 3.63) is 77.7 Å². The van der Waals surface area contributed by atoms with Gasteiger partial charge < -0.3 is 63.5 Å². The second-order valence-corrected chi connectivity index (χ2v) is 9.70. The van der Waals surface area contributed by atoms with E-state index in [1.54, 1.807) is 7.11 Å². The first-order valence-corrected chi connectivity index (χ1v) is 13.4. The molecule has 2 aromatic carbocycles. The van der Waals surface area contributed by atoms with Crippen molar-refractivity contribution < 1.29 is 48.8 Å². The number of methoxy groups -OCH3 is 1. The van der Waals surface area contributed by atoms with Gasteiger partial charge >= 0.3 is 0 Å². The van der Waals surface area contributed by atoms with Crippen LogP contribution in [0, 0.1) is 6.92 Å². The third-order valence-corrected chi connectivity index (χ3v) is 6.58. The average Bonchev–Trinajstić information content (AvgIpc) is 3.72. The van der Waals surface area contributed by atoms with E-state index < -0.39 is 23.9 Å². The number of imidazole rings is 1. The molecule has 3 heterocycles. The molecule has 1 aliphatic heterocycles. The third kappa shape index (κ3) is 9.87. The van der Waals surface area contributed by atoms with Crippen molar-refractivity contribution >= 4 is 40.9 Å². The van der Waals surface area contributed by atoms with Gasteiger partial charge in [-0.25, -0.2) is 4.98 Å². The summed E-state index contributed by atoms with van der Waals surface area (Å²) in [5, 5.41) is 39.4. The van der Waals surface area contributed by atoms with Crippen molar-refractivity contribution in [2.75, 3.05) is 32.1 Å². The standard InChI is InChI=1S/C26H30N4O2.2C2H2O4/c1-19-7-10-23(32-19)18-30-25-6-4-3-5-24(25)28-26(30)27-21-14-16-29(17-21)15-13-20-8-11-22(31-2)12-9-20;2*3-1(4)2(5)6/h3-12,21H,13-18H2,1-2H3,(H,27,28);2*(H,3,4)(H,5,6)/p-4. The summed E-state index contributed by atoms with van der Waals surface area (Å²) in [6.45, 7) is 5.84. The fourth-order valence-corrected chi connectivity index (χ4v) is 4.49. The van der Waals surface area contributed by atoms with Crippen LogP contribution in [0.15, 0.2) is 65.1 Å². The van der Waals surface area contributed by atoms with Crippen LogP contribution in [0.2, 0.25) is 0 Å². The zero-order chi connectivity index (χ0) is 32.2. The molecule has 44 heavy (non-hydrogen) atoms. The minimum atomic E-state index is -2.19. The van der Waals surface area contributed by atoms with E-state index in [1.165, 1.54) is 5.56 Å². The average molecular weight is 607 g/mol. The number of hydrogen-bond donors (Lipinski definition) is 1. The minimum absolute atomic E-state index is 0.389. The molecule has 0 spiro atoms. The van der Waals surface area contributed by atoms with Crippen LogP contribution >= 0.6 is 0 Å². The van der Waals surface area contributed by atoms with Crippen molar-refractivity contribution in [2.45, 2.75) is 32.4 Å². The topological polar surface area (TPSA) is 216 Å². The second-order valence-electron chi connectivity index (χ2n) is 9.70. The molecule has 0 aliphatic carbocycles. The van der Waals surface area contributed by atoms with Crippen molar-refractivity contribution in [2.24, 2.45) is 0 Å². The highest BCUT2D eigenvalue weighted by Crippen LogP contribution is 2.24. The highest BCUT2D eigenvalue weighted by molar-refractivity contribution is 6.25. The Morgan fingerprint density at radius 2 is 1.57 bits per heavy atom. The number of benzene rings is 2. The summed E-state index contributed by atoms with van der Waals surface area (Å²) in [4.78, 5) is 43.1. The van der Waals surface area contributed by atoms with E-state index in [0.29, 0.717) is 12.6 Å². The summed E-state index contributed by atoms with van der Waals surface area (Å²) in [5.74, 6) is -5.03. The van der Waals surface area contributed by atoms with Gasteiger partial charge in [0.05, 0.1) is 48.6 Å². The van der Waals surface area contributed by atoms with Crippen molar-refractivity contribution in [3.63, 3.8) is 0 Å². The van der Waals surface area contributed by atoms with Crippen LogP contribution in [0.4, 0.5) is 5.95 Å². The summed E-state index contributed by atoms with van der Waals surface area (Å²) in [6.07, 6.45) is 2.17. The van der Waals surface area contributed by atoms with Crippen LogP contribution in [-0.2, 0) is 32.1 Å². The van der Waals surface area contributed by atoms with Gasteiger partial charge in [-0.15, -0.1) is 0 Å². The van der Waals surface area contributed by atoms with Crippen LogP contribution in [0.1, 0.15) is 23.5 Å². The van der Waals surface area contributed by atoms with Gasteiger partial charge in [-0.1, -0.05) is 24.3 Å². The third-order valence-electron chi connectivity index (χ3n) is 6.58. The molecule has 234 valence electrons. The number of likely N-dealkylation sites (tertiary alicyclic amines) is 1. The lowest BCUT2D eigenvalue weighted by atomic mass is 10.1. The molecule has 5 rings (SSSR count). The lowest BCUT2D eigenvalue weighted by Gasteiger charge is -2.18. The maximum absolute atomic E-state index is 8.93. The smallest absolute Gasteiger partial charge is 0.204 e. The molecule has 1 saturated heterocycles. The number of fused-ring (bicyclic) bond motifs is 1. The molecule has 1 fully saturated rings. The number of carboxylic acid groups (broad SMARTS) is 4. The van der Waals surface area contributed by atoms with Crippen molar-refractivity contribution in [3.8, 4) is 5.75 Å². The predicted octanol–water partition coefficient (Wildman–Crippen LogP) is -2.30. The number of carbonyl (C=O) groups is 4.